The van der Waals surface area contributed by atoms with Crippen LogP contribution < -0.4 is 4.74 Å². The zero-order valence-electron chi connectivity index (χ0n) is 12.4. The van der Waals surface area contributed by atoms with Crippen molar-refractivity contribution in [2.24, 2.45) is 0 Å². The third-order valence-electron chi connectivity index (χ3n) is 3.03. The van der Waals surface area contributed by atoms with Crippen LogP contribution in [0, 0.1) is 35.3 Å². The van der Waals surface area contributed by atoms with Gasteiger partial charge >= 0.3 is 5.51 Å². The van der Waals surface area contributed by atoms with E-state index in [4.69, 9.17) is 22.4 Å². The summed E-state index contributed by atoms with van der Waals surface area (Å²) in [5.74, 6) is 3.55. The van der Waals surface area contributed by atoms with Gasteiger partial charge in [-0.3, -0.25) is 0 Å². The number of hydrogen-bond donors (Lipinski definition) is 1. The van der Waals surface area contributed by atoms with Gasteiger partial charge in [-0.1, -0.05) is 11.8 Å². The van der Waals surface area contributed by atoms with E-state index in [0.29, 0.717) is 0 Å². The number of halogens is 4. The predicted octanol–water partition coefficient (Wildman–Crippen LogP) is 4.51. The zero-order valence-corrected chi connectivity index (χ0v) is 13.2. The Labute approximate surface area is 141 Å². The van der Waals surface area contributed by atoms with E-state index < -0.39 is 26.0 Å². The first-order chi connectivity index (χ1) is 11.6. The van der Waals surface area contributed by atoms with Gasteiger partial charge in [-0.15, -0.1) is 12.8 Å². The summed E-state index contributed by atoms with van der Waals surface area (Å²) in [4.78, 5) is -0.802. The molecule has 8 heteroatoms. The molecule has 1 unspecified atom stereocenters. The first-order valence-electron chi connectivity index (χ1n) is 6.49. The van der Waals surface area contributed by atoms with Crippen LogP contribution in [0.4, 0.5) is 17.6 Å². The largest absolute Gasteiger partial charge is 0.483 e. The lowest BCUT2D eigenvalue weighted by Crippen LogP contribution is -2.22. The highest BCUT2D eigenvalue weighted by atomic mass is 32.2. The van der Waals surface area contributed by atoms with Crippen LogP contribution >= 0.6 is 0 Å². The predicted molar refractivity (Wildman–Crippen MR) is 84.0 cm³/mol. The van der Waals surface area contributed by atoms with Crippen LogP contribution in [0.15, 0.2) is 41.3 Å². The minimum Gasteiger partial charge on any atom is -0.456 e. The fourth-order valence-corrected chi connectivity index (χ4v) is 2.67. The fraction of sp³-hybridized carbons (Fsp3) is 0.0588. The van der Waals surface area contributed by atoms with Crippen LogP contribution in [0.25, 0.3) is 0 Å². The number of rotatable bonds is 3. The first-order valence-corrected chi connectivity index (χ1v) is 8.05. The molecule has 1 atom stereocenters. The molecule has 3 nitrogen and oxygen atoms in total. The molecule has 0 saturated heterocycles. The standard InChI is InChI=1S/C17H9F4NO2S/c1-3-11-7-13(18)10-14(8-11)24-16-6-5-15(9-12(16)4-2)25(22,23)17(19,20)21/h1-2,5-10,22H. The van der Waals surface area contributed by atoms with Crippen molar-refractivity contribution >= 4 is 9.73 Å². The number of terminal acetylenes is 2. The van der Waals surface area contributed by atoms with Gasteiger partial charge < -0.3 is 4.74 Å². The summed E-state index contributed by atoms with van der Waals surface area (Å²) in [6.45, 7) is 0. The summed E-state index contributed by atoms with van der Waals surface area (Å²) in [6.07, 6.45) is 10.4. The van der Waals surface area contributed by atoms with Gasteiger partial charge in [0.2, 0.25) is 0 Å². The highest BCUT2D eigenvalue weighted by Crippen LogP contribution is 2.34. The molecule has 0 aliphatic rings. The van der Waals surface area contributed by atoms with E-state index in [1.165, 1.54) is 6.07 Å². The maximum atomic E-state index is 13.4. The Balaban J connectivity index is 2.47. The SMILES string of the molecule is C#Cc1cc(F)cc(Oc2ccc(S(=N)(=O)C(F)(F)F)cc2C#C)c1. The van der Waals surface area contributed by atoms with Gasteiger partial charge in [0.25, 0.3) is 0 Å². The van der Waals surface area contributed by atoms with Crippen molar-refractivity contribution in [2.75, 3.05) is 0 Å². The topological polar surface area (TPSA) is 50.1 Å². The van der Waals surface area contributed by atoms with Crippen LogP contribution in [0.1, 0.15) is 11.1 Å². The maximum absolute atomic E-state index is 13.4. The lowest BCUT2D eigenvalue weighted by Gasteiger charge is -2.14. The molecule has 0 aliphatic carbocycles. The second-order valence-corrected chi connectivity index (χ2v) is 6.77. The van der Waals surface area contributed by atoms with Crippen molar-refractivity contribution < 1.29 is 26.5 Å². The van der Waals surface area contributed by atoms with Crippen LogP contribution in [-0.2, 0) is 9.73 Å². The molecule has 0 bridgehead atoms. The summed E-state index contributed by atoms with van der Waals surface area (Å²) < 4.78 is 75.7. The van der Waals surface area contributed by atoms with Crippen LogP contribution in [0.5, 0.6) is 11.5 Å². The van der Waals surface area contributed by atoms with E-state index in [1.54, 1.807) is 0 Å². The lowest BCUT2D eigenvalue weighted by atomic mass is 10.2. The third kappa shape index (κ3) is 3.76. The second kappa shape index (κ2) is 6.50. The molecule has 0 aliphatic heterocycles. The van der Waals surface area contributed by atoms with E-state index in [0.717, 1.165) is 30.3 Å². The highest BCUT2D eigenvalue weighted by molar-refractivity contribution is 7.93. The molecule has 25 heavy (non-hydrogen) atoms. The minimum absolute atomic E-state index is 0.0142. The zero-order chi connectivity index (χ0) is 18.8. The van der Waals surface area contributed by atoms with Gasteiger partial charge in [0.05, 0.1) is 10.5 Å². The van der Waals surface area contributed by atoms with Crippen molar-refractivity contribution in [1.82, 2.24) is 0 Å². The number of alkyl halides is 3. The Kier molecular flexibility index (Phi) is 4.78. The molecule has 0 heterocycles. The van der Waals surface area contributed by atoms with Gasteiger partial charge in [0.15, 0.2) is 9.73 Å². The lowest BCUT2D eigenvalue weighted by molar-refractivity contribution is -0.0406. The molecule has 0 fully saturated rings. The summed E-state index contributed by atoms with van der Waals surface area (Å²) in [6, 6.07) is 6.07. The van der Waals surface area contributed by atoms with Crippen LogP contribution in [0.3, 0.4) is 0 Å². The second-order valence-electron chi connectivity index (χ2n) is 4.73. The summed E-state index contributed by atoms with van der Waals surface area (Å²) in [5, 5.41) is 0. The van der Waals surface area contributed by atoms with Crippen molar-refractivity contribution in [2.45, 2.75) is 10.4 Å². The molecular weight excluding hydrogens is 358 g/mol. The van der Waals surface area contributed by atoms with Crippen molar-refractivity contribution in [3.05, 3.63) is 53.3 Å². The van der Waals surface area contributed by atoms with Crippen LogP contribution in [0.2, 0.25) is 0 Å². The van der Waals surface area contributed by atoms with Crippen molar-refractivity contribution in [1.29, 1.82) is 4.78 Å². The van der Waals surface area contributed by atoms with Gasteiger partial charge in [0.1, 0.15) is 17.3 Å². The molecule has 1 N–H and O–H groups in total. The van der Waals surface area contributed by atoms with E-state index in [1.807, 2.05) is 0 Å². The number of hydrogen-bond acceptors (Lipinski definition) is 3. The monoisotopic (exact) mass is 367 g/mol. The van der Waals surface area contributed by atoms with Gasteiger partial charge in [0, 0.05) is 11.6 Å². The number of benzene rings is 2. The van der Waals surface area contributed by atoms with Gasteiger partial charge in [-0.05, 0) is 30.3 Å². The Morgan fingerprint density at radius 3 is 2.32 bits per heavy atom. The molecular formula is C17H9F4NO2S. The van der Waals surface area contributed by atoms with E-state index >= 15 is 0 Å². The summed E-state index contributed by atoms with van der Waals surface area (Å²) in [5.41, 5.74) is -5.22. The van der Waals surface area contributed by atoms with E-state index in [9.17, 15) is 21.8 Å². The molecule has 2 aromatic carbocycles. The Hall–Kier alpha value is -2.97. The first kappa shape index (κ1) is 18.4. The molecule has 128 valence electrons. The molecule has 0 saturated carbocycles. The normalized spacial score (nSPS) is 13.4. The van der Waals surface area contributed by atoms with Crippen molar-refractivity contribution in [3.63, 3.8) is 0 Å². The number of nitrogens with one attached hydrogen (secondary N) is 1. The molecule has 0 spiro atoms. The molecule has 0 amide bonds. The van der Waals surface area contributed by atoms with Gasteiger partial charge in [-0.2, -0.15) is 13.2 Å². The molecule has 2 rings (SSSR count). The average molecular weight is 367 g/mol. The smallest absolute Gasteiger partial charge is 0.456 e. The summed E-state index contributed by atoms with van der Waals surface area (Å²) in [7, 11) is -5.05. The molecule has 0 aromatic heterocycles. The fourth-order valence-electron chi connectivity index (χ4n) is 1.86. The maximum Gasteiger partial charge on any atom is 0.483 e. The van der Waals surface area contributed by atoms with Crippen molar-refractivity contribution in [3.8, 4) is 36.2 Å². The van der Waals surface area contributed by atoms with Gasteiger partial charge in [-0.25, -0.2) is 13.4 Å². The minimum atomic E-state index is -5.24. The Bertz CT molecular complexity index is 1010. The van der Waals surface area contributed by atoms with E-state index in [-0.39, 0.29) is 22.6 Å². The Morgan fingerprint density at radius 2 is 1.76 bits per heavy atom. The third-order valence-corrected chi connectivity index (χ3v) is 4.60. The highest BCUT2D eigenvalue weighted by Gasteiger charge is 2.43. The molecule has 0 radical (unpaired) electrons. The van der Waals surface area contributed by atoms with Crippen LogP contribution in [-0.4, -0.2) is 9.72 Å². The Morgan fingerprint density at radius 1 is 1.08 bits per heavy atom. The summed E-state index contributed by atoms with van der Waals surface area (Å²) >= 11 is 0. The van der Waals surface area contributed by atoms with E-state index in [2.05, 4.69) is 11.8 Å². The average Bonchev–Trinajstić information content (AvgIpc) is 2.53. The molecule has 2 aromatic rings. The number of ether oxygens (including phenoxy) is 1. The quantitative estimate of drug-likeness (QED) is 0.641.